The first kappa shape index (κ1) is 68.1. The number of hydrogen-bond acceptors (Lipinski definition) is 3. The molecule has 0 radical (unpaired) electrons. The van der Waals surface area contributed by atoms with Gasteiger partial charge in [-0.05, 0) is 38.5 Å². The van der Waals surface area contributed by atoms with Crippen LogP contribution < -0.4 is 5.32 Å². The van der Waals surface area contributed by atoms with Crippen LogP contribution in [-0.4, -0.2) is 34.9 Å². The van der Waals surface area contributed by atoms with Gasteiger partial charge in [0, 0.05) is 6.42 Å². The van der Waals surface area contributed by atoms with Crippen molar-refractivity contribution in [3.63, 3.8) is 0 Å². The van der Waals surface area contributed by atoms with E-state index in [1.807, 2.05) is 0 Å². The number of hydrogen-bond donors (Lipinski definition) is 3. The minimum Gasteiger partial charge on any atom is -0.394 e. The molecular formula is C65H129NO3. The lowest BCUT2D eigenvalue weighted by Crippen LogP contribution is -2.45. The first-order chi connectivity index (χ1) is 34.2. The van der Waals surface area contributed by atoms with Gasteiger partial charge in [0.15, 0.2) is 0 Å². The van der Waals surface area contributed by atoms with E-state index in [1.54, 1.807) is 0 Å². The monoisotopic (exact) mass is 972 g/mol. The summed E-state index contributed by atoms with van der Waals surface area (Å²) in [4.78, 5) is 12.5. The van der Waals surface area contributed by atoms with Gasteiger partial charge in [0.25, 0.3) is 0 Å². The largest absolute Gasteiger partial charge is 0.394 e. The summed E-state index contributed by atoms with van der Waals surface area (Å²) < 4.78 is 0. The van der Waals surface area contributed by atoms with Crippen LogP contribution in [0.3, 0.4) is 0 Å². The highest BCUT2D eigenvalue weighted by Gasteiger charge is 2.20. The Kier molecular flexibility index (Phi) is 60.7. The van der Waals surface area contributed by atoms with Crippen molar-refractivity contribution in [2.75, 3.05) is 6.61 Å². The molecule has 4 nitrogen and oxygen atoms in total. The number of aliphatic hydroxyl groups is 2. The molecule has 1 amide bonds. The molecule has 0 aliphatic heterocycles. The molecule has 4 heteroatoms. The van der Waals surface area contributed by atoms with E-state index in [0.717, 1.165) is 25.7 Å². The van der Waals surface area contributed by atoms with Gasteiger partial charge in [0.1, 0.15) is 0 Å². The van der Waals surface area contributed by atoms with Crippen LogP contribution in [0.5, 0.6) is 0 Å². The predicted octanol–water partition coefficient (Wildman–Crippen LogP) is 21.7. The zero-order chi connectivity index (χ0) is 49.9. The zero-order valence-electron chi connectivity index (χ0n) is 47.6. The molecular weight excluding hydrogens is 843 g/mol. The summed E-state index contributed by atoms with van der Waals surface area (Å²) in [7, 11) is 0. The molecule has 2 unspecified atom stereocenters. The van der Waals surface area contributed by atoms with Crippen LogP contribution in [0.2, 0.25) is 0 Å². The fourth-order valence-corrected chi connectivity index (χ4v) is 10.6. The predicted molar refractivity (Wildman–Crippen MR) is 309 cm³/mol. The summed E-state index contributed by atoms with van der Waals surface area (Å²) in [5.74, 6) is -0.0216. The Balaban J connectivity index is 3.35. The van der Waals surface area contributed by atoms with E-state index in [1.165, 1.54) is 327 Å². The number of amides is 1. The minimum atomic E-state index is -0.656. The lowest BCUT2D eigenvalue weighted by molar-refractivity contribution is -0.123. The Morgan fingerprint density at radius 1 is 0.333 bits per heavy atom. The quantitative estimate of drug-likeness (QED) is 0.0420. The van der Waals surface area contributed by atoms with Crippen molar-refractivity contribution in [2.24, 2.45) is 0 Å². The van der Waals surface area contributed by atoms with Gasteiger partial charge in [-0.15, -0.1) is 0 Å². The molecule has 412 valence electrons. The molecule has 0 saturated carbocycles. The Morgan fingerprint density at radius 3 is 0.797 bits per heavy atom. The molecule has 0 saturated heterocycles. The van der Waals surface area contributed by atoms with E-state index < -0.39 is 12.1 Å². The normalized spacial score (nSPS) is 12.7. The topological polar surface area (TPSA) is 69.6 Å². The van der Waals surface area contributed by atoms with Crippen molar-refractivity contribution < 1.29 is 15.0 Å². The maximum atomic E-state index is 12.5. The van der Waals surface area contributed by atoms with Gasteiger partial charge >= 0.3 is 0 Å². The summed E-state index contributed by atoms with van der Waals surface area (Å²) in [5.41, 5.74) is 0. The number of unbranched alkanes of at least 4 members (excludes halogenated alkanes) is 52. The van der Waals surface area contributed by atoms with E-state index in [0.29, 0.717) is 12.8 Å². The molecule has 0 aromatic rings. The molecule has 2 atom stereocenters. The molecule has 0 spiro atoms. The van der Waals surface area contributed by atoms with Crippen molar-refractivity contribution in [2.45, 2.75) is 392 Å². The maximum absolute atomic E-state index is 12.5. The summed E-state index contributed by atoms with van der Waals surface area (Å²) >= 11 is 0. The number of aliphatic hydroxyl groups excluding tert-OH is 2. The first-order valence-corrected chi connectivity index (χ1v) is 32.4. The number of rotatable bonds is 61. The SMILES string of the molecule is CCCCCCCCCC/C=C\CCCCCCCCCCCCCCCCCCCCCCCCCCCC(=O)NC(CO)C(O)CCCCCCCCCCCCCCCCCCCCCC. The Labute approximate surface area is 435 Å². The summed E-state index contributed by atoms with van der Waals surface area (Å²) in [6, 6.07) is -0.533. The Morgan fingerprint density at radius 2 is 0.551 bits per heavy atom. The first-order valence-electron chi connectivity index (χ1n) is 32.4. The van der Waals surface area contributed by atoms with Crippen LogP contribution in [-0.2, 0) is 4.79 Å². The maximum Gasteiger partial charge on any atom is 0.220 e. The van der Waals surface area contributed by atoms with Gasteiger partial charge in [-0.25, -0.2) is 0 Å². The minimum absolute atomic E-state index is 0.0216. The molecule has 0 fully saturated rings. The molecule has 3 N–H and O–H groups in total. The second-order valence-corrected chi connectivity index (χ2v) is 22.5. The van der Waals surface area contributed by atoms with Gasteiger partial charge in [-0.3, -0.25) is 4.79 Å². The lowest BCUT2D eigenvalue weighted by Gasteiger charge is -2.22. The van der Waals surface area contributed by atoms with E-state index in [4.69, 9.17) is 0 Å². The standard InChI is InChI=1S/C65H129NO3/c1-3-5-7-9-11-13-15-17-19-21-23-25-26-27-28-29-30-31-32-33-34-35-36-37-38-39-40-41-43-45-47-49-51-53-55-57-59-61-65(69)66-63(62-67)64(68)60-58-56-54-52-50-48-46-44-42-24-22-20-18-16-14-12-10-8-6-4-2/h21,23,63-64,67-68H,3-20,22,24-62H2,1-2H3,(H,66,69)/b23-21-. The molecule has 0 aromatic heterocycles. The summed E-state index contributed by atoms with van der Waals surface area (Å²) in [5, 5.41) is 23.4. The van der Waals surface area contributed by atoms with Crippen LogP contribution >= 0.6 is 0 Å². The Hall–Kier alpha value is -0.870. The fraction of sp³-hybridized carbons (Fsp3) is 0.954. The number of nitrogens with one attached hydrogen (secondary N) is 1. The van der Waals surface area contributed by atoms with Crippen LogP contribution in [0.25, 0.3) is 0 Å². The summed E-state index contributed by atoms with van der Waals surface area (Å²) in [6.07, 6.45) is 81.1. The summed E-state index contributed by atoms with van der Waals surface area (Å²) in [6.45, 7) is 4.40. The molecule has 0 aromatic carbocycles. The molecule has 0 bridgehead atoms. The van der Waals surface area contributed by atoms with Gasteiger partial charge in [-0.1, -0.05) is 347 Å². The van der Waals surface area contributed by atoms with Gasteiger partial charge < -0.3 is 15.5 Å². The zero-order valence-corrected chi connectivity index (χ0v) is 47.6. The second kappa shape index (κ2) is 61.4. The molecule has 69 heavy (non-hydrogen) atoms. The van der Waals surface area contributed by atoms with Crippen molar-refractivity contribution in [1.82, 2.24) is 5.32 Å². The molecule has 0 aliphatic carbocycles. The van der Waals surface area contributed by atoms with Crippen molar-refractivity contribution in [3.05, 3.63) is 12.2 Å². The number of allylic oxidation sites excluding steroid dienone is 2. The van der Waals surface area contributed by atoms with Crippen molar-refractivity contribution in [3.8, 4) is 0 Å². The van der Waals surface area contributed by atoms with Crippen molar-refractivity contribution >= 4 is 5.91 Å². The van der Waals surface area contributed by atoms with Gasteiger partial charge in [0.2, 0.25) is 5.91 Å². The van der Waals surface area contributed by atoms with Crippen LogP contribution in [0.4, 0.5) is 0 Å². The van der Waals surface area contributed by atoms with Crippen LogP contribution in [0.1, 0.15) is 380 Å². The Bertz CT molecular complexity index is 967. The molecule has 0 aliphatic rings. The highest BCUT2D eigenvalue weighted by Crippen LogP contribution is 2.19. The van der Waals surface area contributed by atoms with Crippen LogP contribution in [0.15, 0.2) is 12.2 Å². The van der Waals surface area contributed by atoms with Crippen LogP contribution in [0, 0.1) is 0 Å². The lowest BCUT2D eigenvalue weighted by atomic mass is 10.0. The number of carbonyl (C=O) groups excluding carboxylic acids is 1. The average Bonchev–Trinajstić information content (AvgIpc) is 3.35. The number of carbonyl (C=O) groups is 1. The van der Waals surface area contributed by atoms with E-state index in [9.17, 15) is 15.0 Å². The van der Waals surface area contributed by atoms with E-state index in [-0.39, 0.29) is 12.5 Å². The van der Waals surface area contributed by atoms with Gasteiger partial charge in [-0.2, -0.15) is 0 Å². The van der Waals surface area contributed by atoms with E-state index in [2.05, 4.69) is 31.3 Å². The molecule has 0 rings (SSSR count). The third-order valence-electron chi connectivity index (χ3n) is 15.5. The fourth-order valence-electron chi connectivity index (χ4n) is 10.6. The average molecular weight is 973 g/mol. The van der Waals surface area contributed by atoms with E-state index >= 15 is 0 Å². The van der Waals surface area contributed by atoms with Crippen molar-refractivity contribution in [1.29, 1.82) is 0 Å². The smallest absolute Gasteiger partial charge is 0.220 e. The highest BCUT2D eigenvalue weighted by molar-refractivity contribution is 5.76. The third kappa shape index (κ3) is 57.9. The second-order valence-electron chi connectivity index (χ2n) is 22.5. The third-order valence-corrected chi connectivity index (χ3v) is 15.5. The highest BCUT2D eigenvalue weighted by atomic mass is 16.3. The van der Waals surface area contributed by atoms with Gasteiger partial charge in [0.05, 0.1) is 18.8 Å². The molecule has 0 heterocycles.